The van der Waals surface area contributed by atoms with Gasteiger partial charge in [0.1, 0.15) is 18.1 Å². The summed E-state index contributed by atoms with van der Waals surface area (Å²) < 4.78 is 10.6. The molecular formula is C20H24ClNO5. The van der Waals surface area contributed by atoms with Crippen LogP contribution in [0.5, 0.6) is 5.75 Å². The first-order valence-corrected chi connectivity index (χ1v) is 9.76. The molecule has 0 heterocycles. The summed E-state index contributed by atoms with van der Waals surface area (Å²) in [4.78, 5) is 36.1. The van der Waals surface area contributed by atoms with Crippen molar-refractivity contribution in [1.29, 1.82) is 0 Å². The predicted octanol–water partition coefficient (Wildman–Crippen LogP) is 2.77. The molecule has 2 aliphatic rings. The molecule has 2 fully saturated rings. The number of ether oxygens (including phenoxy) is 2. The first-order chi connectivity index (χ1) is 13.0. The molecule has 2 saturated carbocycles. The normalized spacial score (nSPS) is 24.2. The minimum Gasteiger partial charge on any atom is -0.492 e. The molecule has 0 aromatic heterocycles. The number of halogens is 1. The number of hydrogen-bond acceptors (Lipinski definition) is 5. The molecule has 1 N–H and O–H groups in total. The van der Waals surface area contributed by atoms with Crippen molar-refractivity contribution in [3.8, 4) is 5.75 Å². The van der Waals surface area contributed by atoms with Crippen molar-refractivity contribution in [2.24, 2.45) is 17.8 Å². The zero-order valence-corrected chi connectivity index (χ0v) is 15.9. The van der Waals surface area contributed by atoms with Crippen LogP contribution in [0.1, 0.15) is 32.1 Å². The van der Waals surface area contributed by atoms with E-state index in [-0.39, 0.29) is 36.2 Å². The Labute approximate surface area is 163 Å². The highest BCUT2D eigenvalue weighted by Gasteiger charge is 2.41. The summed E-state index contributed by atoms with van der Waals surface area (Å²) >= 11 is 5.79. The van der Waals surface area contributed by atoms with E-state index < -0.39 is 0 Å². The SMILES string of the molecule is O=C(COC(=O)C1C[C@H]2CCC[C@H](C1)C2=O)NCCOc1ccc(Cl)cc1. The second kappa shape index (κ2) is 9.22. The lowest BCUT2D eigenvalue weighted by molar-refractivity contribution is -0.156. The summed E-state index contributed by atoms with van der Waals surface area (Å²) in [5, 5.41) is 3.28. The van der Waals surface area contributed by atoms with Gasteiger partial charge in [-0.15, -0.1) is 0 Å². The van der Waals surface area contributed by atoms with Gasteiger partial charge in [-0.1, -0.05) is 18.0 Å². The van der Waals surface area contributed by atoms with Crippen LogP contribution in [0.4, 0.5) is 0 Å². The molecular weight excluding hydrogens is 370 g/mol. The van der Waals surface area contributed by atoms with E-state index in [4.69, 9.17) is 21.1 Å². The number of nitrogens with one attached hydrogen (secondary N) is 1. The lowest BCUT2D eigenvalue weighted by Gasteiger charge is -2.36. The number of esters is 1. The molecule has 27 heavy (non-hydrogen) atoms. The van der Waals surface area contributed by atoms with Crippen molar-refractivity contribution in [1.82, 2.24) is 5.32 Å². The summed E-state index contributed by atoms with van der Waals surface area (Å²) in [6.45, 7) is 0.302. The zero-order chi connectivity index (χ0) is 19.2. The van der Waals surface area contributed by atoms with Gasteiger partial charge < -0.3 is 14.8 Å². The molecule has 6 nitrogen and oxygen atoms in total. The van der Waals surface area contributed by atoms with Gasteiger partial charge in [0.15, 0.2) is 6.61 Å². The number of Topliss-reactive ketones (excluding diaryl/α,β-unsaturated/α-hetero) is 1. The average molecular weight is 394 g/mol. The molecule has 0 spiro atoms. The van der Waals surface area contributed by atoms with Gasteiger partial charge in [-0.2, -0.15) is 0 Å². The van der Waals surface area contributed by atoms with Gasteiger partial charge in [0.05, 0.1) is 12.5 Å². The minimum atomic E-state index is -0.369. The van der Waals surface area contributed by atoms with Gasteiger partial charge in [-0.25, -0.2) is 0 Å². The smallest absolute Gasteiger partial charge is 0.309 e. The Hall–Kier alpha value is -2.08. The maximum absolute atomic E-state index is 12.2. The van der Waals surface area contributed by atoms with Crippen molar-refractivity contribution in [2.75, 3.05) is 19.8 Å². The molecule has 2 atom stereocenters. The van der Waals surface area contributed by atoms with Gasteiger partial charge in [0.2, 0.25) is 0 Å². The van der Waals surface area contributed by atoms with Crippen LogP contribution in [0.3, 0.4) is 0 Å². The predicted molar refractivity (Wildman–Crippen MR) is 99.5 cm³/mol. The summed E-state index contributed by atoms with van der Waals surface area (Å²) in [6, 6.07) is 6.94. The van der Waals surface area contributed by atoms with Gasteiger partial charge >= 0.3 is 5.97 Å². The Bertz CT molecular complexity index is 674. The third kappa shape index (κ3) is 5.45. The summed E-state index contributed by atoms with van der Waals surface area (Å²) in [6.07, 6.45) is 3.92. The van der Waals surface area contributed by atoms with Crippen LogP contribution in [0.25, 0.3) is 0 Å². The number of hydrogen-bond donors (Lipinski definition) is 1. The van der Waals surface area contributed by atoms with Crippen molar-refractivity contribution in [3.05, 3.63) is 29.3 Å². The molecule has 146 valence electrons. The molecule has 0 aliphatic heterocycles. The summed E-state index contributed by atoms with van der Waals surface area (Å²) in [5.74, 6) is -0.0369. The van der Waals surface area contributed by atoms with Gasteiger partial charge in [-0.05, 0) is 49.9 Å². The highest BCUT2D eigenvalue weighted by Crippen LogP contribution is 2.40. The van der Waals surface area contributed by atoms with Crippen molar-refractivity contribution in [3.63, 3.8) is 0 Å². The van der Waals surface area contributed by atoms with Crippen LogP contribution < -0.4 is 10.1 Å². The standard InChI is InChI=1S/C20H24ClNO5/c21-16-4-6-17(7-5-16)26-9-8-22-18(23)12-27-20(25)15-10-13-2-1-3-14(11-15)19(13)24/h4-7,13-15H,1-3,8-12H2,(H,22,23)/t13-,14-/m1/s1. The van der Waals surface area contributed by atoms with Crippen LogP contribution in [0.15, 0.2) is 24.3 Å². The molecule has 0 saturated heterocycles. The fourth-order valence-corrected chi connectivity index (χ4v) is 3.99. The van der Waals surface area contributed by atoms with E-state index >= 15 is 0 Å². The molecule has 0 unspecified atom stereocenters. The maximum atomic E-state index is 12.2. The molecule has 2 aliphatic carbocycles. The van der Waals surface area contributed by atoms with E-state index in [9.17, 15) is 14.4 Å². The highest BCUT2D eigenvalue weighted by molar-refractivity contribution is 6.30. The van der Waals surface area contributed by atoms with Gasteiger partial charge in [0, 0.05) is 16.9 Å². The second-order valence-electron chi connectivity index (χ2n) is 7.16. The van der Waals surface area contributed by atoms with Gasteiger partial charge in [-0.3, -0.25) is 14.4 Å². The van der Waals surface area contributed by atoms with E-state index in [1.807, 2.05) is 0 Å². The molecule has 2 bridgehead atoms. The molecule has 3 rings (SSSR count). The van der Waals surface area contributed by atoms with Gasteiger partial charge in [0.25, 0.3) is 5.91 Å². The lowest BCUT2D eigenvalue weighted by Crippen LogP contribution is -2.40. The number of ketones is 1. The summed E-state index contributed by atoms with van der Waals surface area (Å²) in [7, 11) is 0. The Kier molecular flexibility index (Phi) is 6.72. The number of carbonyl (C=O) groups is 3. The first-order valence-electron chi connectivity index (χ1n) is 9.38. The Morgan fingerprint density at radius 3 is 2.44 bits per heavy atom. The largest absolute Gasteiger partial charge is 0.492 e. The van der Waals surface area contributed by atoms with Crippen LogP contribution in [-0.2, 0) is 19.1 Å². The number of rotatable bonds is 7. The number of benzene rings is 1. The fourth-order valence-electron chi connectivity index (χ4n) is 3.87. The van der Waals surface area contributed by atoms with Crippen molar-refractivity contribution in [2.45, 2.75) is 32.1 Å². The Balaban J connectivity index is 1.32. The quantitative estimate of drug-likeness (QED) is 0.569. The van der Waals surface area contributed by atoms with Crippen molar-refractivity contribution < 1.29 is 23.9 Å². The van der Waals surface area contributed by atoms with Crippen LogP contribution in [-0.4, -0.2) is 37.4 Å². The van der Waals surface area contributed by atoms with E-state index in [0.717, 1.165) is 19.3 Å². The maximum Gasteiger partial charge on any atom is 0.309 e. The molecule has 1 amide bonds. The lowest BCUT2D eigenvalue weighted by atomic mass is 9.67. The second-order valence-corrected chi connectivity index (χ2v) is 7.59. The van der Waals surface area contributed by atoms with Crippen molar-refractivity contribution >= 4 is 29.3 Å². The topological polar surface area (TPSA) is 81.7 Å². The van der Waals surface area contributed by atoms with E-state index in [1.54, 1.807) is 24.3 Å². The summed E-state index contributed by atoms with van der Waals surface area (Å²) in [5.41, 5.74) is 0. The molecule has 0 radical (unpaired) electrons. The number of carbonyl (C=O) groups excluding carboxylic acids is 3. The third-order valence-corrected chi connectivity index (χ3v) is 5.49. The molecule has 1 aromatic carbocycles. The highest BCUT2D eigenvalue weighted by atomic mass is 35.5. The Morgan fingerprint density at radius 2 is 1.78 bits per heavy atom. The Morgan fingerprint density at radius 1 is 1.11 bits per heavy atom. The van der Waals surface area contributed by atoms with Crippen LogP contribution in [0, 0.1) is 17.8 Å². The minimum absolute atomic E-state index is 0.00565. The monoisotopic (exact) mass is 393 g/mol. The number of amides is 1. The van der Waals surface area contributed by atoms with E-state index in [2.05, 4.69) is 5.32 Å². The average Bonchev–Trinajstić information content (AvgIpc) is 2.64. The molecule has 1 aromatic rings. The third-order valence-electron chi connectivity index (χ3n) is 5.23. The van der Waals surface area contributed by atoms with Crippen LogP contribution in [0.2, 0.25) is 5.02 Å². The molecule has 7 heteroatoms. The number of fused-ring (bicyclic) bond motifs is 2. The van der Waals surface area contributed by atoms with E-state index in [1.165, 1.54) is 0 Å². The van der Waals surface area contributed by atoms with E-state index in [0.29, 0.717) is 42.5 Å². The zero-order valence-electron chi connectivity index (χ0n) is 15.1. The van der Waals surface area contributed by atoms with Crippen LogP contribution >= 0.6 is 11.6 Å². The fraction of sp³-hybridized carbons (Fsp3) is 0.550. The first kappa shape index (κ1) is 19.7.